The van der Waals surface area contributed by atoms with Crippen LogP contribution in [0.25, 0.3) is 5.69 Å². The van der Waals surface area contributed by atoms with Gasteiger partial charge in [0.25, 0.3) is 0 Å². The van der Waals surface area contributed by atoms with Gasteiger partial charge in [0.1, 0.15) is 11.1 Å². The van der Waals surface area contributed by atoms with Crippen LogP contribution in [0.3, 0.4) is 0 Å². The van der Waals surface area contributed by atoms with Crippen molar-refractivity contribution in [3.63, 3.8) is 0 Å². The zero-order valence-electron chi connectivity index (χ0n) is 14.4. The number of hydrogen-bond donors (Lipinski definition) is 1. The fourth-order valence-electron chi connectivity index (χ4n) is 2.37. The second-order valence-electron chi connectivity index (χ2n) is 5.69. The zero-order valence-corrected chi connectivity index (χ0v) is 16.1. The second-order valence-corrected chi connectivity index (χ2v) is 7.91. The first kappa shape index (κ1) is 18.1. The van der Waals surface area contributed by atoms with E-state index in [-0.39, 0.29) is 5.91 Å². The molecule has 1 aromatic carbocycles. The molecule has 1 N–H and O–H groups in total. The van der Waals surface area contributed by atoms with Gasteiger partial charge in [-0.25, -0.2) is 0 Å². The molecule has 0 saturated heterocycles. The molecule has 0 aliphatic heterocycles. The lowest BCUT2D eigenvalue weighted by Crippen LogP contribution is -2.22. The number of carbonyl (C=O) groups is 1. The van der Waals surface area contributed by atoms with E-state index >= 15 is 0 Å². The normalized spacial score (nSPS) is 11.8. The summed E-state index contributed by atoms with van der Waals surface area (Å²) in [5.41, 5.74) is 3.54. The Morgan fingerprint density at radius 3 is 2.92 bits per heavy atom. The summed E-state index contributed by atoms with van der Waals surface area (Å²) in [6.45, 7) is 5.80. The van der Waals surface area contributed by atoms with Crippen molar-refractivity contribution in [3.05, 3.63) is 46.3 Å². The number of carbonyl (C=O) groups excluding carboxylic acids is 1. The van der Waals surface area contributed by atoms with Crippen molar-refractivity contribution >= 4 is 34.0 Å². The molecule has 7 nitrogen and oxygen atoms in total. The average Bonchev–Trinajstić information content (AvgIpc) is 3.24. The first-order chi connectivity index (χ1) is 12.5. The van der Waals surface area contributed by atoms with Crippen LogP contribution in [0.5, 0.6) is 0 Å². The first-order valence-corrected chi connectivity index (χ1v) is 9.56. The monoisotopic (exact) mass is 384 g/mol. The summed E-state index contributed by atoms with van der Waals surface area (Å²) in [7, 11) is 0. The highest BCUT2D eigenvalue weighted by Gasteiger charge is 2.21. The van der Waals surface area contributed by atoms with Crippen LogP contribution in [0.2, 0.25) is 0 Å². The Bertz CT molecular complexity index is 987. The third kappa shape index (κ3) is 3.76. The van der Waals surface area contributed by atoms with Gasteiger partial charge in [-0.05, 0) is 54.3 Å². The van der Waals surface area contributed by atoms with Crippen molar-refractivity contribution in [1.29, 1.82) is 5.26 Å². The standard InChI is InChI=1S/C17H16N6OS2/c1-10-4-5-14(11(2)8-10)23-17(20-21-22-23)26-12(3)15(24)19-16-13(9-18)6-7-25-16/h4-8,12H,1-3H3,(H,19,24)/t12-/m1/s1. The van der Waals surface area contributed by atoms with Gasteiger partial charge in [-0.15, -0.1) is 16.4 Å². The van der Waals surface area contributed by atoms with Crippen LogP contribution in [0.15, 0.2) is 34.8 Å². The molecule has 0 radical (unpaired) electrons. The predicted molar refractivity (Wildman–Crippen MR) is 102 cm³/mol. The molecule has 1 atom stereocenters. The maximum atomic E-state index is 12.5. The lowest BCUT2D eigenvalue weighted by Gasteiger charge is -2.12. The van der Waals surface area contributed by atoms with Gasteiger partial charge in [0.15, 0.2) is 0 Å². The smallest absolute Gasteiger partial charge is 0.238 e. The number of aromatic nitrogens is 4. The highest BCUT2D eigenvalue weighted by atomic mass is 32.2. The molecule has 2 heterocycles. The molecule has 132 valence electrons. The van der Waals surface area contributed by atoms with Crippen molar-refractivity contribution in [3.8, 4) is 11.8 Å². The largest absolute Gasteiger partial charge is 0.316 e. The number of thiophene rings is 1. The topological polar surface area (TPSA) is 96.5 Å². The maximum Gasteiger partial charge on any atom is 0.238 e. The molecular weight excluding hydrogens is 368 g/mol. The SMILES string of the molecule is Cc1ccc(-n2nnnc2S[C@H](C)C(=O)Nc2sccc2C#N)c(C)c1. The molecule has 3 rings (SSSR count). The minimum Gasteiger partial charge on any atom is -0.316 e. The quantitative estimate of drug-likeness (QED) is 0.678. The fourth-order valence-corrected chi connectivity index (χ4v) is 3.91. The van der Waals surface area contributed by atoms with Crippen molar-refractivity contribution in [2.75, 3.05) is 5.32 Å². The van der Waals surface area contributed by atoms with Crippen molar-refractivity contribution in [1.82, 2.24) is 20.2 Å². The summed E-state index contributed by atoms with van der Waals surface area (Å²) in [6.07, 6.45) is 0. The number of amides is 1. The number of aryl methyl sites for hydroxylation is 2. The summed E-state index contributed by atoms with van der Waals surface area (Å²) in [5.74, 6) is -0.205. The molecule has 3 aromatic rings. The summed E-state index contributed by atoms with van der Waals surface area (Å²) < 4.78 is 1.63. The Morgan fingerprint density at radius 1 is 1.38 bits per heavy atom. The van der Waals surface area contributed by atoms with E-state index in [2.05, 4.69) is 33.0 Å². The third-order valence-electron chi connectivity index (χ3n) is 3.70. The molecule has 0 bridgehead atoms. The molecular formula is C17H16N6OS2. The Morgan fingerprint density at radius 2 is 2.19 bits per heavy atom. The summed E-state index contributed by atoms with van der Waals surface area (Å²) in [4.78, 5) is 12.5. The lowest BCUT2D eigenvalue weighted by atomic mass is 10.1. The minimum absolute atomic E-state index is 0.205. The average molecular weight is 384 g/mol. The van der Waals surface area contributed by atoms with Crippen molar-refractivity contribution < 1.29 is 4.79 Å². The first-order valence-electron chi connectivity index (χ1n) is 7.80. The van der Waals surface area contributed by atoms with Gasteiger partial charge < -0.3 is 5.32 Å². The molecule has 0 aliphatic rings. The van der Waals surface area contributed by atoms with Crippen LogP contribution >= 0.6 is 23.1 Å². The van der Waals surface area contributed by atoms with Crippen LogP contribution in [-0.2, 0) is 4.79 Å². The Balaban J connectivity index is 1.76. The van der Waals surface area contributed by atoms with E-state index < -0.39 is 5.25 Å². The molecule has 0 spiro atoms. The minimum atomic E-state index is -0.431. The summed E-state index contributed by atoms with van der Waals surface area (Å²) >= 11 is 2.59. The summed E-state index contributed by atoms with van der Waals surface area (Å²) in [5, 5.41) is 26.1. The molecule has 1 amide bonds. The Kier molecular flexibility index (Phi) is 5.35. The van der Waals surface area contributed by atoms with Gasteiger partial charge in [0, 0.05) is 0 Å². The van der Waals surface area contributed by atoms with E-state index in [4.69, 9.17) is 5.26 Å². The molecule has 26 heavy (non-hydrogen) atoms. The molecule has 9 heteroatoms. The number of anilines is 1. The van der Waals surface area contributed by atoms with Crippen LogP contribution in [-0.4, -0.2) is 31.4 Å². The van der Waals surface area contributed by atoms with Crippen molar-refractivity contribution in [2.45, 2.75) is 31.2 Å². The van der Waals surface area contributed by atoms with E-state index in [0.29, 0.717) is 15.7 Å². The number of nitrogens with zero attached hydrogens (tertiary/aromatic N) is 5. The van der Waals surface area contributed by atoms with E-state index in [1.165, 1.54) is 23.1 Å². The van der Waals surface area contributed by atoms with Gasteiger partial charge in [-0.3, -0.25) is 4.79 Å². The molecule has 2 aromatic heterocycles. The third-order valence-corrected chi connectivity index (χ3v) is 5.56. The van der Waals surface area contributed by atoms with Gasteiger partial charge in [-0.2, -0.15) is 9.94 Å². The second kappa shape index (κ2) is 7.68. The fraction of sp³-hybridized carbons (Fsp3) is 0.235. The lowest BCUT2D eigenvalue weighted by molar-refractivity contribution is -0.115. The number of tetrazole rings is 1. The number of nitrogens with one attached hydrogen (secondary N) is 1. The van der Waals surface area contributed by atoms with Crippen LogP contribution < -0.4 is 5.32 Å². The van der Waals surface area contributed by atoms with E-state index in [0.717, 1.165) is 16.8 Å². The van der Waals surface area contributed by atoms with Gasteiger partial charge in [-0.1, -0.05) is 29.5 Å². The van der Waals surface area contributed by atoms with E-state index in [1.54, 1.807) is 23.1 Å². The molecule has 0 fully saturated rings. The highest BCUT2D eigenvalue weighted by molar-refractivity contribution is 8.00. The van der Waals surface area contributed by atoms with E-state index in [9.17, 15) is 4.79 Å². The highest BCUT2D eigenvalue weighted by Crippen LogP contribution is 2.27. The van der Waals surface area contributed by atoms with Crippen LogP contribution in [0.1, 0.15) is 23.6 Å². The Hall–Kier alpha value is -2.70. The van der Waals surface area contributed by atoms with E-state index in [1.807, 2.05) is 26.0 Å². The number of thioether (sulfide) groups is 1. The number of hydrogen-bond acceptors (Lipinski definition) is 7. The Labute approximate surface area is 159 Å². The zero-order chi connectivity index (χ0) is 18.7. The number of nitriles is 1. The van der Waals surface area contributed by atoms with Crippen LogP contribution in [0, 0.1) is 25.2 Å². The molecule has 0 unspecified atom stereocenters. The van der Waals surface area contributed by atoms with Gasteiger partial charge in [0.05, 0.1) is 16.5 Å². The molecule has 0 aliphatic carbocycles. The number of benzene rings is 1. The predicted octanol–water partition coefficient (Wildman–Crippen LogP) is 3.33. The van der Waals surface area contributed by atoms with Gasteiger partial charge >= 0.3 is 0 Å². The summed E-state index contributed by atoms with van der Waals surface area (Å²) in [6, 6.07) is 9.75. The maximum absolute atomic E-state index is 12.5. The van der Waals surface area contributed by atoms with Crippen LogP contribution in [0.4, 0.5) is 5.00 Å². The molecule has 0 saturated carbocycles. The van der Waals surface area contributed by atoms with Gasteiger partial charge in [0.2, 0.25) is 11.1 Å². The number of rotatable bonds is 5. The van der Waals surface area contributed by atoms with Crippen molar-refractivity contribution in [2.24, 2.45) is 0 Å².